The number of hydrogen-bond donors (Lipinski definition) is 1. The number of nitrogens with one attached hydrogen (secondary N) is 1. The first-order chi connectivity index (χ1) is 13.4. The van der Waals surface area contributed by atoms with Crippen molar-refractivity contribution < 1.29 is 13.9 Å². The van der Waals surface area contributed by atoms with Crippen molar-refractivity contribution in [3.05, 3.63) is 83.2 Å². The molecule has 3 aromatic rings. The standard InChI is InChI=1S/C22H24FN3O2/c1-15-4-9-19(14-16(15)2)28-13-10-20(27)25-21(22-24-11-12-26(22)3)17-5-7-18(23)8-6-17/h4-9,11-12,14,21H,10,13H2,1-3H3,(H,25,27)/t21-/m1/s1. The maximum atomic E-state index is 13.3. The monoisotopic (exact) mass is 381 g/mol. The van der Waals surface area contributed by atoms with E-state index in [2.05, 4.69) is 10.3 Å². The molecule has 146 valence electrons. The fourth-order valence-electron chi connectivity index (χ4n) is 2.91. The van der Waals surface area contributed by atoms with E-state index in [9.17, 15) is 9.18 Å². The Morgan fingerprint density at radius 1 is 1.18 bits per heavy atom. The van der Waals surface area contributed by atoms with Crippen LogP contribution in [0.25, 0.3) is 0 Å². The third kappa shape index (κ3) is 4.76. The Hall–Kier alpha value is -3.15. The van der Waals surface area contributed by atoms with Crippen molar-refractivity contribution in [3.8, 4) is 5.75 Å². The van der Waals surface area contributed by atoms with Crippen LogP contribution in [0.15, 0.2) is 54.9 Å². The summed E-state index contributed by atoms with van der Waals surface area (Å²) in [7, 11) is 1.86. The van der Waals surface area contributed by atoms with Crippen LogP contribution in [-0.4, -0.2) is 22.1 Å². The van der Waals surface area contributed by atoms with E-state index in [0.717, 1.165) is 16.9 Å². The van der Waals surface area contributed by atoms with E-state index < -0.39 is 6.04 Å². The second-order valence-corrected chi connectivity index (χ2v) is 6.79. The fraction of sp³-hybridized carbons (Fsp3) is 0.273. The predicted molar refractivity (Wildman–Crippen MR) is 106 cm³/mol. The summed E-state index contributed by atoms with van der Waals surface area (Å²) in [4.78, 5) is 16.8. The number of halogens is 1. The number of rotatable bonds is 7. The van der Waals surface area contributed by atoms with Crippen LogP contribution in [0.5, 0.6) is 5.75 Å². The van der Waals surface area contributed by atoms with Gasteiger partial charge >= 0.3 is 0 Å². The van der Waals surface area contributed by atoms with Gasteiger partial charge in [-0.25, -0.2) is 9.37 Å². The third-order valence-electron chi connectivity index (χ3n) is 4.70. The first kappa shape index (κ1) is 19.6. The SMILES string of the molecule is Cc1ccc(OCCC(=O)N[C@H](c2ccc(F)cc2)c2nccn2C)cc1C. The smallest absolute Gasteiger partial charge is 0.224 e. The van der Waals surface area contributed by atoms with E-state index in [1.165, 1.54) is 17.7 Å². The maximum absolute atomic E-state index is 13.3. The van der Waals surface area contributed by atoms with Crippen molar-refractivity contribution in [2.45, 2.75) is 26.3 Å². The van der Waals surface area contributed by atoms with E-state index in [0.29, 0.717) is 5.82 Å². The van der Waals surface area contributed by atoms with E-state index in [4.69, 9.17) is 4.74 Å². The first-order valence-electron chi connectivity index (χ1n) is 9.16. The van der Waals surface area contributed by atoms with Crippen LogP contribution in [0, 0.1) is 19.7 Å². The van der Waals surface area contributed by atoms with Gasteiger partial charge in [0.1, 0.15) is 23.4 Å². The number of imidazole rings is 1. The number of carbonyl (C=O) groups is 1. The third-order valence-corrected chi connectivity index (χ3v) is 4.70. The molecule has 0 aliphatic heterocycles. The largest absolute Gasteiger partial charge is 0.493 e. The minimum Gasteiger partial charge on any atom is -0.493 e. The van der Waals surface area contributed by atoms with Gasteiger partial charge in [-0.3, -0.25) is 4.79 Å². The molecule has 3 rings (SSSR count). The average Bonchev–Trinajstić information content (AvgIpc) is 3.09. The minimum absolute atomic E-state index is 0.166. The molecule has 6 heteroatoms. The Morgan fingerprint density at radius 3 is 2.57 bits per heavy atom. The molecular weight excluding hydrogens is 357 g/mol. The van der Waals surface area contributed by atoms with Crippen molar-refractivity contribution in [1.29, 1.82) is 0 Å². The Balaban J connectivity index is 1.65. The predicted octanol–water partition coefficient (Wildman–Crippen LogP) is 3.85. The quantitative estimate of drug-likeness (QED) is 0.676. The van der Waals surface area contributed by atoms with Gasteiger partial charge in [0.05, 0.1) is 13.0 Å². The molecule has 1 N–H and O–H groups in total. The molecule has 2 aromatic carbocycles. The summed E-state index contributed by atoms with van der Waals surface area (Å²) in [6.45, 7) is 4.33. The Labute approximate surface area is 164 Å². The minimum atomic E-state index is -0.463. The van der Waals surface area contributed by atoms with Crippen molar-refractivity contribution in [2.75, 3.05) is 6.61 Å². The lowest BCUT2D eigenvalue weighted by Gasteiger charge is -2.19. The lowest BCUT2D eigenvalue weighted by Crippen LogP contribution is -2.32. The van der Waals surface area contributed by atoms with Crippen LogP contribution in [0.4, 0.5) is 4.39 Å². The summed E-state index contributed by atoms with van der Waals surface area (Å²) in [5.41, 5.74) is 3.11. The average molecular weight is 381 g/mol. The molecule has 28 heavy (non-hydrogen) atoms. The van der Waals surface area contributed by atoms with Crippen molar-refractivity contribution in [3.63, 3.8) is 0 Å². The van der Waals surface area contributed by atoms with Crippen LogP contribution >= 0.6 is 0 Å². The number of ether oxygens (including phenoxy) is 1. The zero-order valence-corrected chi connectivity index (χ0v) is 16.3. The lowest BCUT2D eigenvalue weighted by atomic mass is 10.1. The molecule has 0 aliphatic rings. The molecule has 0 aliphatic carbocycles. The topological polar surface area (TPSA) is 56.1 Å². The van der Waals surface area contributed by atoms with Gasteiger partial charge in [0.15, 0.2) is 0 Å². The second kappa shape index (κ2) is 8.69. The van der Waals surface area contributed by atoms with Crippen LogP contribution < -0.4 is 10.1 Å². The highest BCUT2D eigenvalue weighted by Gasteiger charge is 2.20. The lowest BCUT2D eigenvalue weighted by molar-refractivity contribution is -0.122. The van der Waals surface area contributed by atoms with E-state index >= 15 is 0 Å². The van der Waals surface area contributed by atoms with Gasteiger partial charge in [0.2, 0.25) is 5.91 Å². The van der Waals surface area contributed by atoms with Gasteiger partial charge in [-0.15, -0.1) is 0 Å². The highest BCUT2D eigenvalue weighted by Crippen LogP contribution is 2.21. The van der Waals surface area contributed by atoms with Crippen molar-refractivity contribution >= 4 is 5.91 Å². The molecule has 1 heterocycles. The molecule has 1 atom stereocenters. The summed E-state index contributed by atoms with van der Waals surface area (Å²) in [6, 6.07) is 11.4. The van der Waals surface area contributed by atoms with Gasteiger partial charge in [0.25, 0.3) is 0 Å². The highest BCUT2D eigenvalue weighted by molar-refractivity contribution is 5.77. The molecule has 1 aromatic heterocycles. The van der Waals surface area contributed by atoms with E-state index in [1.54, 1.807) is 24.5 Å². The van der Waals surface area contributed by atoms with Gasteiger partial charge in [-0.1, -0.05) is 18.2 Å². The zero-order valence-electron chi connectivity index (χ0n) is 16.3. The number of aryl methyl sites for hydroxylation is 3. The molecule has 5 nitrogen and oxygen atoms in total. The van der Waals surface area contributed by atoms with Gasteiger partial charge in [-0.05, 0) is 54.8 Å². The highest BCUT2D eigenvalue weighted by atomic mass is 19.1. The number of nitrogens with zero attached hydrogens (tertiary/aromatic N) is 2. The molecule has 0 fully saturated rings. The Bertz CT molecular complexity index is 951. The van der Waals surface area contributed by atoms with Crippen LogP contribution in [-0.2, 0) is 11.8 Å². The van der Waals surface area contributed by atoms with Crippen molar-refractivity contribution in [1.82, 2.24) is 14.9 Å². The van der Waals surface area contributed by atoms with Gasteiger partial charge < -0.3 is 14.6 Å². The Morgan fingerprint density at radius 2 is 1.93 bits per heavy atom. The number of amides is 1. The zero-order chi connectivity index (χ0) is 20.1. The summed E-state index contributed by atoms with van der Waals surface area (Å²) < 4.78 is 20.8. The van der Waals surface area contributed by atoms with Crippen LogP contribution in [0.2, 0.25) is 0 Å². The summed E-state index contributed by atoms with van der Waals surface area (Å²) in [6.07, 6.45) is 3.68. The second-order valence-electron chi connectivity index (χ2n) is 6.79. The molecule has 0 saturated heterocycles. The van der Waals surface area contributed by atoms with Crippen LogP contribution in [0.1, 0.15) is 35.0 Å². The Kier molecular flexibility index (Phi) is 6.09. The summed E-state index contributed by atoms with van der Waals surface area (Å²) >= 11 is 0. The fourth-order valence-corrected chi connectivity index (χ4v) is 2.91. The van der Waals surface area contributed by atoms with Crippen molar-refractivity contribution in [2.24, 2.45) is 7.05 Å². The van der Waals surface area contributed by atoms with E-state index in [1.807, 2.05) is 43.7 Å². The first-order valence-corrected chi connectivity index (χ1v) is 9.16. The van der Waals surface area contributed by atoms with Gasteiger partial charge in [0, 0.05) is 19.4 Å². The summed E-state index contributed by atoms with van der Waals surface area (Å²) in [5.74, 6) is 0.932. The maximum Gasteiger partial charge on any atom is 0.224 e. The van der Waals surface area contributed by atoms with E-state index in [-0.39, 0.29) is 24.8 Å². The molecule has 0 bridgehead atoms. The molecular formula is C22H24FN3O2. The number of carbonyl (C=O) groups excluding carboxylic acids is 1. The molecule has 0 radical (unpaired) electrons. The number of aromatic nitrogens is 2. The normalized spacial score (nSPS) is 11.9. The molecule has 0 unspecified atom stereocenters. The molecule has 1 amide bonds. The molecule has 0 spiro atoms. The summed E-state index contributed by atoms with van der Waals surface area (Å²) in [5, 5.41) is 2.98. The van der Waals surface area contributed by atoms with Crippen LogP contribution in [0.3, 0.4) is 0 Å². The number of benzene rings is 2. The number of hydrogen-bond acceptors (Lipinski definition) is 3. The molecule has 0 saturated carbocycles. The van der Waals surface area contributed by atoms with Gasteiger partial charge in [-0.2, -0.15) is 0 Å².